The summed E-state index contributed by atoms with van der Waals surface area (Å²) in [5.74, 6) is 0.821. The van der Waals surface area contributed by atoms with E-state index in [1.165, 1.54) is 19.3 Å². The Morgan fingerprint density at radius 3 is 2.79 bits per heavy atom. The van der Waals surface area contributed by atoms with Crippen molar-refractivity contribution in [2.24, 2.45) is 5.92 Å². The van der Waals surface area contributed by atoms with Crippen molar-refractivity contribution in [2.75, 3.05) is 11.9 Å². The molecule has 1 fully saturated rings. The fraction of sp³-hybridized carbons (Fsp3) is 0.417. The Hall–Kier alpha value is -1.49. The van der Waals surface area contributed by atoms with Gasteiger partial charge in [0.1, 0.15) is 6.07 Å². The predicted octanol–water partition coefficient (Wildman–Crippen LogP) is 2.77. The third kappa shape index (κ3) is 1.88. The second-order valence-electron chi connectivity index (χ2n) is 3.84. The molecule has 0 amide bonds. The highest BCUT2D eigenvalue weighted by Crippen LogP contribution is 2.26. The van der Waals surface area contributed by atoms with Gasteiger partial charge in [0.25, 0.3) is 0 Å². The molecular weight excluding hydrogens is 172 g/mol. The Morgan fingerprint density at radius 1 is 1.36 bits per heavy atom. The number of anilines is 1. The number of nitrogens with one attached hydrogen (secondary N) is 1. The number of para-hydroxylation sites is 1. The Labute approximate surface area is 84.6 Å². The van der Waals surface area contributed by atoms with Crippen molar-refractivity contribution in [3.63, 3.8) is 0 Å². The van der Waals surface area contributed by atoms with E-state index in [2.05, 4.69) is 11.4 Å². The molecule has 2 heteroatoms. The van der Waals surface area contributed by atoms with Gasteiger partial charge in [0.2, 0.25) is 0 Å². The molecule has 2 rings (SSSR count). The average molecular weight is 186 g/mol. The largest absolute Gasteiger partial charge is 0.384 e. The van der Waals surface area contributed by atoms with E-state index in [1.54, 1.807) is 0 Å². The van der Waals surface area contributed by atoms with Crippen molar-refractivity contribution in [1.82, 2.24) is 0 Å². The predicted molar refractivity (Wildman–Crippen MR) is 57.0 cm³/mol. The molecule has 0 aliphatic heterocycles. The van der Waals surface area contributed by atoms with E-state index in [1.807, 2.05) is 24.3 Å². The minimum Gasteiger partial charge on any atom is -0.384 e. The monoisotopic (exact) mass is 186 g/mol. The molecular formula is C12H14N2. The first-order valence-electron chi connectivity index (χ1n) is 5.13. The van der Waals surface area contributed by atoms with E-state index in [9.17, 15) is 0 Å². The lowest BCUT2D eigenvalue weighted by Crippen LogP contribution is -2.21. The summed E-state index contributed by atoms with van der Waals surface area (Å²) >= 11 is 0. The number of hydrogen-bond acceptors (Lipinski definition) is 2. The number of rotatable bonds is 3. The van der Waals surface area contributed by atoms with Crippen LogP contribution in [0.5, 0.6) is 0 Å². The number of nitriles is 1. The van der Waals surface area contributed by atoms with Gasteiger partial charge >= 0.3 is 0 Å². The van der Waals surface area contributed by atoms with Crippen LogP contribution in [0.3, 0.4) is 0 Å². The van der Waals surface area contributed by atoms with E-state index in [0.29, 0.717) is 0 Å². The molecule has 1 aromatic carbocycles. The lowest BCUT2D eigenvalue weighted by Gasteiger charge is -2.26. The third-order valence-corrected chi connectivity index (χ3v) is 2.85. The Bertz CT molecular complexity index is 348. The molecule has 2 nitrogen and oxygen atoms in total. The Balaban J connectivity index is 1.97. The molecule has 0 bridgehead atoms. The van der Waals surface area contributed by atoms with Crippen LogP contribution in [0, 0.1) is 17.2 Å². The molecule has 1 aromatic rings. The summed E-state index contributed by atoms with van der Waals surface area (Å²) < 4.78 is 0. The van der Waals surface area contributed by atoms with Crippen LogP contribution in [0.25, 0.3) is 0 Å². The van der Waals surface area contributed by atoms with Crippen molar-refractivity contribution in [2.45, 2.75) is 19.3 Å². The highest BCUT2D eigenvalue weighted by atomic mass is 14.9. The van der Waals surface area contributed by atoms with Crippen molar-refractivity contribution < 1.29 is 0 Å². The summed E-state index contributed by atoms with van der Waals surface area (Å²) in [6, 6.07) is 9.87. The molecule has 0 saturated heterocycles. The van der Waals surface area contributed by atoms with Gasteiger partial charge in [0, 0.05) is 6.54 Å². The van der Waals surface area contributed by atoms with Gasteiger partial charge in [-0.3, -0.25) is 0 Å². The summed E-state index contributed by atoms with van der Waals surface area (Å²) in [6.07, 6.45) is 4.04. The maximum Gasteiger partial charge on any atom is 0.101 e. The first-order valence-corrected chi connectivity index (χ1v) is 5.13. The van der Waals surface area contributed by atoms with E-state index in [0.717, 1.165) is 23.7 Å². The Kier molecular flexibility index (Phi) is 2.69. The number of benzene rings is 1. The summed E-state index contributed by atoms with van der Waals surface area (Å²) in [5, 5.41) is 12.2. The summed E-state index contributed by atoms with van der Waals surface area (Å²) in [6.45, 7) is 1.01. The van der Waals surface area contributed by atoms with Crippen LogP contribution in [0.4, 0.5) is 5.69 Å². The van der Waals surface area contributed by atoms with Gasteiger partial charge in [0.15, 0.2) is 0 Å². The molecule has 1 N–H and O–H groups in total. The summed E-state index contributed by atoms with van der Waals surface area (Å²) in [5.41, 5.74) is 1.72. The van der Waals surface area contributed by atoms with E-state index in [4.69, 9.17) is 5.26 Å². The van der Waals surface area contributed by atoms with Gasteiger partial charge in [-0.1, -0.05) is 18.6 Å². The van der Waals surface area contributed by atoms with E-state index in [-0.39, 0.29) is 0 Å². The first kappa shape index (κ1) is 9.08. The number of nitrogens with zero attached hydrogens (tertiary/aromatic N) is 1. The standard InChI is InChI=1S/C12H14N2/c13-8-11-6-1-2-7-12(11)14-9-10-4-3-5-10/h1-2,6-7,10,14H,3-5,9H2. The van der Waals surface area contributed by atoms with Crippen LogP contribution in [0.15, 0.2) is 24.3 Å². The minimum absolute atomic E-state index is 0.742. The van der Waals surface area contributed by atoms with Crippen LogP contribution in [0.1, 0.15) is 24.8 Å². The van der Waals surface area contributed by atoms with E-state index >= 15 is 0 Å². The topological polar surface area (TPSA) is 35.8 Å². The normalized spacial score (nSPS) is 15.6. The molecule has 0 radical (unpaired) electrons. The summed E-state index contributed by atoms with van der Waals surface area (Å²) in [4.78, 5) is 0. The van der Waals surface area contributed by atoms with Crippen molar-refractivity contribution >= 4 is 5.69 Å². The number of hydrogen-bond donors (Lipinski definition) is 1. The van der Waals surface area contributed by atoms with Crippen LogP contribution in [-0.2, 0) is 0 Å². The molecule has 14 heavy (non-hydrogen) atoms. The maximum atomic E-state index is 8.86. The zero-order valence-corrected chi connectivity index (χ0v) is 8.16. The minimum atomic E-state index is 0.742. The SMILES string of the molecule is N#Cc1ccccc1NCC1CCC1. The molecule has 0 aromatic heterocycles. The lowest BCUT2D eigenvalue weighted by atomic mass is 9.85. The van der Waals surface area contributed by atoms with Gasteiger partial charge < -0.3 is 5.32 Å². The molecule has 0 unspecified atom stereocenters. The lowest BCUT2D eigenvalue weighted by molar-refractivity contribution is 0.333. The molecule has 1 saturated carbocycles. The molecule has 1 aliphatic carbocycles. The van der Waals surface area contributed by atoms with Gasteiger partial charge in [-0.15, -0.1) is 0 Å². The van der Waals surface area contributed by atoms with Crippen LogP contribution < -0.4 is 5.32 Å². The zero-order chi connectivity index (χ0) is 9.80. The average Bonchev–Trinajstić information content (AvgIpc) is 2.16. The van der Waals surface area contributed by atoms with Crippen LogP contribution >= 0.6 is 0 Å². The van der Waals surface area contributed by atoms with Crippen LogP contribution in [-0.4, -0.2) is 6.54 Å². The van der Waals surface area contributed by atoms with Crippen molar-refractivity contribution in [1.29, 1.82) is 5.26 Å². The van der Waals surface area contributed by atoms with Gasteiger partial charge in [-0.25, -0.2) is 0 Å². The molecule has 72 valence electrons. The second kappa shape index (κ2) is 4.15. The molecule has 0 heterocycles. The molecule has 1 aliphatic rings. The first-order chi connectivity index (χ1) is 6.90. The molecule has 0 atom stereocenters. The highest BCUT2D eigenvalue weighted by Gasteiger charge is 2.16. The van der Waals surface area contributed by atoms with Gasteiger partial charge in [0.05, 0.1) is 11.3 Å². The quantitative estimate of drug-likeness (QED) is 0.787. The Morgan fingerprint density at radius 2 is 2.14 bits per heavy atom. The maximum absolute atomic E-state index is 8.86. The van der Waals surface area contributed by atoms with Crippen molar-refractivity contribution in [3.8, 4) is 6.07 Å². The highest BCUT2D eigenvalue weighted by molar-refractivity contribution is 5.57. The van der Waals surface area contributed by atoms with Crippen molar-refractivity contribution in [3.05, 3.63) is 29.8 Å². The smallest absolute Gasteiger partial charge is 0.101 e. The van der Waals surface area contributed by atoms with E-state index < -0.39 is 0 Å². The zero-order valence-electron chi connectivity index (χ0n) is 8.16. The fourth-order valence-corrected chi connectivity index (χ4v) is 1.69. The third-order valence-electron chi connectivity index (χ3n) is 2.85. The van der Waals surface area contributed by atoms with Gasteiger partial charge in [-0.2, -0.15) is 5.26 Å². The summed E-state index contributed by atoms with van der Waals surface area (Å²) in [7, 11) is 0. The molecule has 0 spiro atoms. The van der Waals surface area contributed by atoms with Crippen LogP contribution in [0.2, 0.25) is 0 Å². The van der Waals surface area contributed by atoms with Gasteiger partial charge in [-0.05, 0) is 30.9 Å². The second-order valence-corrected chi connectivity index (χ2v) is 3.84. The fourth-order valence-electron chi connectivity index (χ4n) is 1.69.